The number of amides is 4. The molecule has 4 rings (SSSR count). The molecule has 27 heavy (non-hydrogen) atoms. The van der Waals surface area contributed by atoms with Crippen LogP contribution in [0, 0.1) is 0 Å². The summed E-state index contributed by atoms with van der Waals surface area (Å²) in [7, 11) is 0. The van der Waals surface area contributed by atoms with Crippen molar-refractivity contribution in [1.82, 2.24) is 0 Å². The van der Waals surface area contributed by atoms with E-state index in [0.29, 0.717) is 28.2 Å². The fraction of sp³-hybridized carbons (Fsp3) is 0. The summed E-state index contributed by atoms with van der Waals surface area (Å²) in [5.74, 6) is -0.818. The number of carbonyl (C=O) groups is 3. The first-order chi connectivity index (χ1) is 13.1. The highest BCUT2D eigenvalue weighted by atomic mass is 16.2. The van der Waals surface area contributed by atoms with Gasteiger partial charge in [-0.3, -0.25) is 9.59 Å². The normalized spacial score (nSPS) is 12.7. The number of carbonyl (C=O) groups excluding carboxylic acids is 3. The molecule has 1 aliphatic heterocycles. The second kappa shape index (κ2) is 6.76. The Labute approximate surface area is 155 Å². The Bertz CT molecular complexity index is 1010. The van der Waals surface area contributed by atoms with Crippen LogP contribution in [0.4, 0.5) is 21.9 Å². The predicted octanol–water partition coefficient (Wildman–Crippen LogP) is 4.13. The van der Waals surface area contributed by atoms with Gasteiger partial charge in [-0.05, 0) is 36.4 Å². The lowest BCUT2D eigenvalue weighted by molar-refractivity contribution is 0.0926. The lowest BCUT2D eigenvalue weighted by Crippen LogP contribution is -2.31. The lowest BCUT2D eigenvalue weighted by Gasteiger charge is -2.18. The molecule has 0 spiro atoms. The van der Waals surface area contributed by atoms with Gasteiger partial charge in [0.15, 0.2) is 0 Å². The van der Waals surface area contributed by atoms with E-state index >= 15 is 0 Å². The summed E-state index contributed by atoms with van der Waals surface area (Å²) in [6.07, 6.45) is 0. The first kappa shape index (κ1) is 16.5. The van der Waals surface area contributed by atoms with Gasteiger partial charge in [0.2, 0.25) is 0 Å². The monoisotopic (exact) mass is 357 g/mol. The van der Waals surface area contributed by atoms with E-state index in [9.17, 15) is 14.4 Å². The molecule has 0 bridgehead atoms. The molecule has 0 saturated carbocycles. The van der Waals surface area contributed by atoms with E-state index in [1.54, 1.807) is 60.7 Å². The van der Waals surface area contributed by atoms with E-state index in [2.05, 4.69) is 10.6 Å². The van der Waals surface area contributed by atoms with Crippen molar-refractivity contribution in [3.8, 4) is 0 Å². The van der Waals surface area contributed by atoms with Crippen LogP contribution in [0.2, 0.25) is 0 Å². The van der Waals surface area contributed by atoms with Crippen LogP contribution in [0.15, 0.2) is 78.9 Å². The highest BCUT2D eigenvalue weighted by Gasteiger charge is 2.37. The van der Waals surface area contributed by atoms with E-state index in [1.807, 2.05) is 18.2 Å². The number of imide groups is 1. The molecule has 132 valence electrons. The molecule has 4 amide bonds. The maximum Gasteiger partial charge on any atom is 0.323 e. The largest absolute Gasteiger partial charge is 0.323 e. The van der Waals surface area contributed by atoms with Gasteiger partial charge in [0.1, 0.15) is 0 Å². The van der Waals surface area contributed by atoms with Gasteiger partial charge < -0.3 is 10.6 Å². The van der Waals surface area contributed by atoms with Crippen LogP contribution in [-0.2, 0) is 0 Å². The number of nitrogens with one attached hydrogen (secondary N) is 2. The van der Waals surface area contributed by atoms with Gasteiger partial charge in [0.05, 0.1) is 22.5 Å². The van der Waals surface area contributed by atoms with Crippen molar-refractivity contribution in [1.29, 1.82) is 0 Å². The quantitative estimate of drug-likeness (QED) is 0.692. The topological polar surface area (TPSA) is 78.5 Å². The summed E-state index contributed by atoms with van der Waals surface area (Å²) >= 11 is 0. The van der Waals surface area contributed by atoms with Gasteiger partial charge in [-0.1, -0.05) is 42.5 Å². The third-order valence-corrected chi connectivity index (χ3v) is 4.22. The number of fused-ring (bicyclic) bond motifs is 1. The molecule has 2 N–H and O–H groups in total. The molecule has 0 fully saturated rings. The van der Waals surface area contributed by atoms with Crippen molar-refractivity contribution in [2.75, 3.05) is 15.5 Å². The Morgan fingerprint density at radius 1 is 0.667 bits per heavy atom. The summed E-state index contributed by atoms with van der Waals surface area (Å²) in [6, 6.07) is 21.9. The molecule has 0 unspecified atom stereocenters. The number of anilines is 3. The van der Waals surface area contributed by atoms with Gasteiger partial charge in [-0.15, -0.1) is 0 Å². The summed E-state index contributed by atoms with van der Waals surface area (Å²) in [4.78, 5) is 38.8. The molecule has 1 heterocycles. The van der Waals surface area contributed by atoms with Crippen molar-refractivity contribution >= 4 is 34.9 Å². The Morgan fingerprint density at radius 2 is 1.22 bits per heavy atom. The molecule has 3 aromatic rings. The van der Waals surface area contributed by atoms with Gasteiger partial charge in [-0.2, -0.15) is 0 Å². The molecule has 3 aromatic carbocycles. The minimum atomic E-state index is -0.467. The van der Waals surface area contributed by atoms with Crippen molar-refractivity contribution < 1.29 is 14.4 Å². The number of rotatable bonds is 3. The molecule has 0 radical (unpaired) electrons. The fourth-order valence-electron chi connectivity index (χ4n) is 2.99. The molecule has 6 heteroatoms. The molecule has 0 saturated heterocycles. The average Bonchev–Trinajstić information content (AvgIpc) is 2.94. The maximum absolute atomic E-state index is 12.7. The van der Waals surface area contributed by atoms with Crippen molar-refractivity contribution in [3.63, 3.8) is 0 Å². The Morgan fingerprint density at radius 3 is 1.89 bits per heavy atom. The van der Waals surface area contributed by atoms with Crippen LogP contribution in [-0.4, -0.2) is 17.8 Å². The predicted molar refractivity (Wildman–Crippen MR) is 103 cm³/mol. The van der Waals surface area contributed by atoms with Crippen LogP contribution in [0.3, 0.4) is 0 Å². The molecular weight excluding hydrogens is 342 g/mol. The zero-order chi connectivity index (χ0) is 18.8. The third-order valence-electron chi connectivity index (χ3n) is 4.22. The van der Waals surface area contributed by atoms with E-state index in [1.165, 1.54) is 0 Å². The third kappa shape index (κ3) is 3.04. The number of para-hydroxylation sites is 3. The Balaban J connectivity index is 1.62. The van der Waals surface area contributed by atoms with Gasteiger partial charge in [-0.25, -0.2) is 9.69 Å². The van der Waals surface area contributed by atoms with Gasteiger partial charge in [0, 0.05) is 5.69 Å². The summed E-state index contributed by atoms with van der Waals surface area (Å²) in [5.41, 5.74) is 2.03. The average molecular weight is 357 g/mol. The molecule has 0 aliphatic carbocycles. The standard InChI is InChI=1S/C21H15N3O3/c25-19-15-10-4-5-11-16(15)20(26)24(19)18-13-7-6-12-17(18)23-21(27)22-14-8-2-1-3-9-14/h1-13H,(H2,22,23,27). The van der Waals surface area contributed by atoms with Crippen LogP contribution in [0.5, 0.6) is 0 Å². The van der Waals surface area contributed by atoms with Crippen molar-refractivity contribution in [3.05, 3.63) is 90.0 Å². The number of urea groups is 1. The highest BCUT2D eigenvalue weighted by Crippen LogP contribution is 2.33. The first-order valence-electron chi connectivity index (χ1n) is 8.35. The van der Waals surface area contributed by atoms with Crippen LogP contribution >= 0.6 is 0 Å². The highest BCUT2D eigenvalue weighted by molar-refractivity contribution is 6.35. The summed E-state index contributed by atoms with van der Waals surface area (Å²) < 4.78 is 0. The van der Waals surface area contributed by atoms with E-state index in [-0.39, 0.29) is 0 Å². The van der Waals surface area contributed by atoms with Crippen molar-refractivity contribution in [2.24, 2.45) is 0 Å². The van der Waals surface area contributed by atoms with Gasteiger partial charge >= 0.3 is 6.03 Å². The van der Waals surface area contributed by atoms with Crippen LogP contribution in [0.25, 0.3) is 0 Å². The van der Waals surface area contributed by atoms with Crippen LogP contribution < -0.4 is 15.5 Å². The van der Waals surface area contributed by atoms with E-state index in [4.69, 9.17) is 0 Å². The minimum Gasteiger partial charge on any atom is -0.308 e. The second-order valence-corrected chi connectivity index (χ2v) is 5.95. The lowest BCUT2D eigenvalue weighted by atomic mass is 10.1. The zero-order valence-corrected chi connectivity index (χ0v) is 14.2. The minimum absolute atomic E-state index is 0.326. The van der Waals surface area contributed by atoms with E-state index in [0.717, 1.165) is 4.90 Å². The maximum atomic E-state index is 12.7. The molecule has 6 nitrogen and oxygen atoms in total. The number of hydrogen-bond acceptors (Lipinski definition) is 3. The second-order valence-electron chi connectivity index (χ2n) is 5.95. The summed E-state index contributed by atoms with van der Waals surface area (Å²) in [6.45, 7) is 0. The molecule has 0 aromatic heterocycles. The first-order valence-corrected chi connectivity index (χ1v) is 8.35. The Hall–Kier alpha value is -3.93. The molecule has 0 atom stereocenters. The summed E-state index contributed by atoms with van der Waals surface area (Å²) in [5, 5.41) is 5.42. The van der Waals surface area contributed by atoms with Gasteiger partial charge in [0.25, 0.3) is 11.8 Å². The number of hydrogen-bond donors (Lipinski definition) is 2. The van der Waals surface area contributed by atoms with Crippen molar-refractivity contribution in [2.45, 2.75) is 0 Å². The molecular formula is C21H15N3O3. The smallest absolute Gasteiger partial charge is 0.308 e. The van der Waals surface area contributed by atoms with E-state index < -0.39 is 17.8 Å². The fourth-order valence-corrected chi connectivity index (χ4v) is 2.99. The molecule has 1 aliphatic rings. The van der Waals surface area contributed by atoms with Crippen LogP contribution in [0.1, 0.15) is 20.7 Å². The number of nitrogens with zero attached hydrogens (tertiary/aromatic N) is 1. The zero-order valence-electron chi connectivity index (χ0n) is 14.2. The number of benzene rings is 3. The Kier molecular flexibility index (Phi) is 4.14. The SMILES string of the molecule is O=C(Nc1ccccc1)Nc1ccccc1N1C(=O)c2ccccc2C1=O.